The first kappa shape index (κ1) is 15.3. The average molecular weight is 327 g/mol. The first-order valence-electron chi connectivity index (χ1n) is 7.11. The molecule has 0 radical (unpaired) electrons. The van der Waals surface area contributed by atoms with Crippen LogP contribution in [0.2, 0.25) is 5.02 Å². The first-order chi connectivity index (χ1) is 11.0. The van der Waals surface area contributed by atoms with E-state index in [1.165, 1.54) is 0 Å². The fourth-order valence-corrected chi connectivity index (χ4v) is 2.69. The Balaban J connectivity index is 1.95. The number of rotatable bonds is 4. The van der Waals surface area contributed by atoms with Crippen LogP contribution in [-0.4, -0.2) is 10.9 Å². The van der Waals surface area contributed by atoms with Crippen molar-refractivity contribution in [1.29, 1.82) is 0 Å². The molecule has 4 nitrogen and oxygen atoms in total. The normalized spacial score (nSPS) is 10.7. The minimum atomic E-state index is -0.519. The number of pyridine rings is 1. The minimum Gasteiger partial charge on any atom is -0.488 e. The second-order valence-electron chi connectivity index (χ2n) is 5.29. The van der Waals surface area contributed by atoms with E-state index in [1.807, 2.05) is 37.3 Å². The summed E-state index contributed by atoms with van der Waals surface area (Å²) in [5.41, 5.74) is 8.41. The molecule has 0 saturated carbocycles. The van der Waals surface area contributed by atoms with Crippen LogP contribution in [0, 0.1) is 6.92 Å². The molecule has 0 atom stereocenters. The number of amides is 1. The topological polar surface area (TPSA) is 65.2 Å². The van der Waals surface area contributed by atoms with Gasteiger partial charge in [-0.05, 0) is 42.8 Å². The molecular formula is C18H15ClN2O2. The molecule has 0 aliphatic rings. The van der Waals surface area contributed by atoms with Gasteiger partial charge in [0.1, 0.15) is 12.4 Å². The third-order valence-corrected chi connectivity index (χ3v) is 3.75. The molecule has 1 amide bonds. The molecule has 3 aromatic rings. The number of aryl methyl sites for hydroxylation is 1. The number of benzene rings is 2. The Morgan fingerprint density at radius 3 is 2.87 bits per heavy atom. The van der Waals surface area contributed by atoms with Crippen molar-refractivity contribution in [3.05, 3.63) is 70.4 Å². The largest absolute Gasteiger partial charge is 0.488 e. The predicted molar refractivity (Wildman–Crippen MR) is 90.8 cm³/mol. The van der Waals surface area contributed by atoms with E-state index in [4.69, 9.17) is 22.1 Å². The van der Waals surface area contributed by atoms with Gasteiger partial charge in [0.2, 0.25) is 0 Å². The Labute approximate surface area is 138 Å². The number of primary amides is 1. The number of carbonyl (C=O) groups is 1. The molecule has 3 rings (SSSR count). The summed E-state index contributed by atoms with van der Waals surface area (Å²) in [4.78, 5) is 15.9. The van der Waals surface area contributed by atoms with Crippen molar-refractivity contribution in [1.82, 2.24) is 4.98 Å². The molecule has 0 aliphatic heterocycles. The van der Waals surface area contributed by atoms with E-state index in [0.717, 1.165) is 22.0 Å². The Morgan fingerprint density at radius 1 is 1.26 bits per heavy atom. The van der Waals surface area contributed by atoms with Crippen molar-refractivity contribution in [2.24, 2.45) is 5.73 Å². The molecule has 0 unspecified atom stereocenters. The molecule has 0 saturated heterocycles. The zero-order valence-corrected chi connectivity index (χ0v) is 13.3. The van der Waals surface area contributed by atoms with E-state index in [1.54, 1.807) is 18.3 Å². The number of ether oxygens (including phenoxy) is 1. The standard InChI is InChI=1S/C18H15ClN2O2/c1-11-4-5-15(18(20)22)16(7-11)23-10-13-9-14(19)8-12-3-2-6-21-17(12)13/h2-9H,10H2,1H3,(H2,20,22). The number of hydrogen-bond acceptors (Lipinski definition) is 3. The predicted octanol–water partition coefficient (Wildman–Crippen LogP) is 3.87. The third kappa shape index (κ3) is 3.27. The number of carbonyl (C=O) groups excluding carboxylic acids is 1. The van der Waals surface area contributed by atoms with Gasteiger partial charge in [-0.2, -0.15) is 0 Å². The molecule has 1 heterocycles. The average Bonchev–Trinajstić information content (AvgIpc) is 2.52. The smallest absolute Gasteiger partial charge is 0.252 e. The molecule has 0 bridgehead atoms. The summed E-state index contributed by atoms with van der Waals surface area (Å²) >= 11 is 6.16. The lowest BCUT2D eigenvalue weighted by Gasteiger charge is -2.12. The zero-order valence-electron chi connectivity index (χ0n) is 12.5. The quantitative estimate of drug-likeness (QED) is 0.791. The van der Waals surface area contributed by atoms with Gasteiger partial charge in [0, 0.05) is 22.2 Å². The lowest BCUT2D eigenvalue weighted by molar-refractivity contribution is 0.0996. The van der Waals surface area contributed by atoms with Crippen molar-refractivity contribution in [2.75, 3.05) is 0 Å². The van der Waals surface area contributed by atoms with Gasteiger partial charge in [-0.3, -0.25) is 9.78 Å². The monoisotopic (exact) mass is 326 g/mol. The van der Waals surface area contributed by atoms with Crippen LogP contribution in [0.1, 0.15) is 21.5 Å². The number of aromatic nitrogens is 1. The number of nitrogens with zero attached hydrogens (tertiary/aromatic N) is 1. The van der Waals surface area contributed by atoms with Crippen LogP contribution in [0.15, 0.2) is 48.7 Å². The second-order valence-corrected chi connectivity index (χ2v) is 5.73. The van der Waals surface area contributed by atoms with Crippen LogP contribution in [0.5, 0.6) is 5.75 Å². The van der Waals surface area contributed by atoms with Gasteiger partial charge in [0.15, 0.2) is 0 Å². The molecule has 5 heteroatoms. The Morgan fingerprint density at radius 2 is 2.09 bits per heavy atom. The fraction of sp³-hybridized carbons (Fsp3) is 0.111. The van der Waals surface area contributed by atoms with E-state index in [2.05, 4.69) is 4.98 Å². The summed E-state index contributed by atoms with van der Waals surface area (Å²) in [6.07, 6.45) is 1.72. The molecule has 2 N–H and O–H groups in total. The van der Waals surface area contributed by atoms with Gasteiger partial charge >= 0.3 is 0 Å². The summed E-state index contributed by atoms with van der Waals surface area (Å²) in [5.74, 6) is -0.0596. The maximum atomic E-state index is 11.5. The molecule has 0 spiro atoms. The van der Waals surface area contributed by atoms with Gasteiger partial charge in [0.05, 0.1) is 11.1 Å². The fourth-order valence-electron chi connectivity index (χ4n) is 2.45. The molecule has 0 fully saturated rings. The van der Waals surface area contributed by atoms with E-state index >= 15 is 0 Å². The highest BCUT2D eigenvalue weighted by Crippen LogP contribution is 2.25. The van der Waals surface area contributed by atoms with Gasteiger partial charge in [0.25, 0.3) is 5.91 Å². The zero-order chi connectivity index (χ0) is 16.4. The van der Waals surface area contributed by atoms with E-state index in [9.17, 15) is 4.79 Å². The second kappa shape index (κ2) is 6.26. The summed E-state index contributed by atoms with van der Waals surface area (Å²) in [6.45, 7) is 2.17. The van der Waals surface area contributed by atoms with Crippen LogP contribution in [0.4, 0.5) is 0 Å². The molecule has 2 aromatic carbocycles. The van der Waals surface area contributed by atoms with Crippen LogP contribution in [0.3, 0.4) is 0 Å². The highest BCUT2D eigenvalue weighted by molar-refractivity contribution is 6.31. The van der Waals surface area contributed by atoms with E-state index in [-0.39, 0.29) is 6.61 Å². The number of nitrogens with two attached hydrogens (primary N) is 1. The summed E-state index contributed by atoms with van der Waals surface area (Å²) < 4.78 is 5.83. The van der Waals surface area contributed by atoms with Crippen molar-refractivity contribution >= 4 is 28.4 Å². The van der Waals surface area contributed by atoms with Crippen LogP contribution in [0.25, 0.3) is 10.9 Å². The Hall–Kier alpha value is -2.59. The van der Waals surface area contributed by atoms with Crippen molar-refractivity contribution in [3.8, 4) is 5.75 Å². The number of hydrogen-bond donors (Lipinski definition) is 1. The van der Waals surface area contributed by atoms with E-state index in [0.29, 0.717) is 16.3 Å². The SMILES string of the molecule is Cc1ccc(C(N)=O)c(OCc2cc(Cl)cc3cccnc23)c1. The van der Waals surface area contributed by atoms with Crippen LogP contribution < -0.4 is 10.5 Å². The molecular weight excluding hydrogens is 312 g/mol. The van der Waals surface area contributed by atoms with Gasteiger partial charge in [-0.1, -0.05) is 23.7 Å². The highest BCUT2D eigenvalue weighted by Gasteiger charge is 2.11. The molecule has 0 aliphatic carbocycles. The Kier molecular flexibility index (Phi) is 4.17. The van der Waals surface area contributed by atoms with Crippen molar-refractivity contribution in [2.45, 2.75) is 13.5 Å². The van der Waals surface area contributed by atoms with Crippen LogP contribution in [-0.2, 0) is 6.61 Å². The third-order valence-electron chi connectivity index (χ3n) is 3.53. The van der Waals surface area contributed by atoms with E-state index < -0.39 is 5.91 Å². The number of fused-ring (bicyclic) bond motifs is 1. The maximum Gasteiger partial charge on any atom is 0.252 e. The maximum absolute atomic E-state index is 11.5. The lowest BCUT2D eigenvalue weighted by atomic mass is 10.1. The van der Waals surface area contributed by atoms with Gasteiger partial charge < -0.3 is 10.5 Å². The van der Waals surface area contributed by atoms with Crippen molar-refractivity contribution in [3.63, 3.8) is 0 Å². The summed E-state index contributed by atoms with van der Waals surface area (Å²) in [6, 6.07) is 12.8. The first-order valence-corrected chi connectivity index (χ1v) is 7.49. The van der Waals surface area contributed by atoms with Gasteiger partial charge in [-0.15, -0.1) is 0 Å². The molecule has 116 valence electrons. The van der Waals surface area contributed by atoms with Gasteiger partial charge in [-0.25, -0.2) is 0 Å². The number of halogens is 1. The highest BCUT2D eigenvalue weighted by atomic mass is 35.5. The minimum absolute atomic E-state index is 0.248. The summed E-state index contributed by atoms with van der Waals surface area (Å²) in [7, 11) is 0. The molecule has 23 heavy (non-hydrogen) atoms. The molecule has 1 aromatic heterocycles. The van der Waals surface area contributed by atoms with Crippen LogP contribution >= 0.6 is 11.6 Å². The van der Waals surface area contributed by atoms with Crippen molar-refractivity contribution < 1.29 is 9.53 Å². The summed E-state index contributed by atoms with van der Waals surface area (Å²) in [5, 5.41) is 1.56. The Bertz CT molecular complexity index is 893. The lowest BCUT2D eigenvalue weighted by Crippen LogP contribution is -2.13.